The highest BCUT2D eigenvalue weighted by Gasteiger charge is 2.28. The van der Waals surface area contributed by atoms with Gasteiger partial charge in [0.05, 0.1) is 6.42 Å². The van der Waals surface area contributed by atoms with Crippen LogP contribution >= 0.6 is 11.6 Å². The van der Waals surface area contributed by atoms with E-state index in [-0.39, 0.29) is 23.8 Å². The van der Waals surface area contributed by atoms with Gasteiger partial charge < -0.3 is 10.2 Å². The van der Waals surface area contributed by atoms with Gasteiger partial charge in [-0.15, -0.1) is 0 Å². The Hall–Kier alpha value is -2.33. The highest BCUT2D eigenvalue weighted by Crippen LogP contribution is 2.16. The number of hydrogen-bond acceptors (Lipinski definition) is 2. The molecule has 2 rings (SSSR count). The number of carbonyl (C=O) groups is 2. The fraction of sp³-hybridized carbons (Fsp3) is 0.391. The molecule has 2 aromatic rings. The molecule has 1 atom stereocenters. The minimum absolute atomic E-state index is 0.0876. The lowest BCUT2D eigenvalue weighted by molar-refractivity contribution is -0.140. The van der Waals surface area contributed by atoms with Crippen LogP contribution in [0.25, 0.3) is 0 Å². The van der Waals surface area contributed by atoms with Gasteiger partial charge in [0.1, 0.15) is 6.04 Å². The maximum Gasteiger partial charge on any atom is 0.242 e. The molecule has 0 spiro atoms. The van der Waals surface area contributed by atoms with Crippen molar-refractivity contribution in [3.63, 3.8) is 0 Å². The molecule has 1 N–H and O–H groups in total. The highest BCUT2D eigenvalue weighted by atomic mass is 35.5. The van der Waals surface area contributed by atoms with Crippen LogP contribution in [0.3, 0.4) is 0 Å². The Morgan fingerprint density at radius 3 is 2.07 bits per heavy atom. The monoisotopic (exact) mass is 400 g/mol. The van der Waals surface area contributed by atoms with Crippen LogP contribution in [0, 0.1) is 6.92 Å². The van der Waals surface area contributed by atoms with Crippen LogP contribution < -0.4 is 5.32 Å². The molecule has 2 aromatic carbocycles. The van der Waals surface area contributed by atoms with E-state index in [0.717, 1.165) is 16.7 Å². The van der Waals surface area contributed by atoms with E-state index in [4.69, 9.17) is 11.6 Å². The largest absolute Gasteiger partial charge is 0.350 e. The summed E-state index contributed by atoms with van der Waals surface area (Å²) in [5.74, 6) is -0.255. The van der Waals surface area contributed by atoms with Crippen molar-refractivity contribution < 1.29 is 9.59 Å². The van der Waals surface area contributed by atoms with E-state index in [1.165, 1.54) is 0 Å². The fourth-order valence-corrected chi connectivity index (χ4v) is 2.95. The summed E-state index contributed by atoms with van der Waals surface area (Å²) in [6.45, 7) is 9.90. The van der Waals surface area contributed by atoms with Crippen LogP contribution in [0.5, 0.6) is 0 Å². The summed E-state index contributed by atoms with van der Waals surface area (Å²) in [6, 6.07) is 14.6. The van der Waals surface area contributed by atoms with Crippen molar-refractivity contribution in [3.05, 3.63) is 70.2 Å². The summed E-state index contributed by atoms with van der Waals surface area (Å²) in [7, 11) is 0. The quantitative estimate of drug-likeness (QED) is 0.774. The average Bonchev–Trinajstić information content (AvgIpc) is 2.61. The number of amides is 2. The molecule has 0 saturated carbocycles. The third kappa shape index (κ3) is 6.68. The Bertz CT molecular complexity index is 808. The molecule has 1 unspecified atom stereocenters. The summed E-state index contributed by atoms with van der Waals surface area (Å²) in [4.78, 5) is 27.4. The highest BCUT2D eigenvalue weighted by molar-refractivity contribution is 6.30. The molecular weight excluding hydrogens is 372 g/mol. The van der Waals surface area contributed by atoms with Gasteiger partial charge in [-0.25, -0.2) is 0 Å². The van der Waals surface area contributed by atoms with Crippen LogP contribution in [0.2, 0.25) is 5.02 Å². The molecule has 2 amide bonds. The van der Waals surface area contributed by atoms with Crippen LogP contribution in [-0.4, -0.2) is 28.3 Å². The van der Waals surface area contributed by atoms with E-state index in [2.05, 4.69) is 5.32 Å². The molecule has 150 valence electrons. The molecule has 0 bridgehead atoms. The van der Waals surface area contributed by atoms with Crippen LogP contribution in [0.15, 0.2) is 48.5 Å². The first-order valence-electron chi connectivity index (χ1n) is 9.46. The molecule has 0 aromatic heterocycles. The van der Waals surface area contributed by atoms with Crippen LogP contribution in [0.4, 0.5) is 0 Å². The first-order chi connectivity index (χ1) is 13.0. The van der Waals surface area contributed by atoms with Crippen LogP contribution in [0.1, 0.15) is 44.4 Å². The summed E-state index contributed by atoms with van der Waals surface area (Å²) in [6.07, 6.45) is 0.251. The molecule has 0 radical (unpaired) electrons. The number of halogens is 1. The maximum absolute atomic E-state index is 13.1. The molecular formula is C23H29ClN2O2. The number of nitrogens with one attached hydrogen (secondary N) is 1. The summed E-state index contributed by atoms with van der Waals surface area (Å²) in [5.41, 5.74) is 2.64. The van der Waals surface area contributed by atoms with Crippen molar-refractivity contribution in [1.29, 1.82) is 0 Å². The Kier molecular flexibility index (Phi) is 7.25. The minimum atomic E-state index is -0.590. The minimum Gasteiger partial charge on any atom is -0.350 e. The molecule has 0 aliphatic heterocycles. The third-order valence-corrected chi connectivity index (χ3v) is 4.66. The Morgan fingerprint density at radius 2 is 1.54 bits per heavy atom. The van der Waals surface area contributed by atoms with Crippen molar-refractivity contribution in [2.45, 2.75) is 59.2 Å². The van der Waals surface area contributed by atoms with E-state index in [1.807, 2.05) is 64.1 Å². The Balaban J connectivity index is 2.23. The second kappa shape index (κ2) is 9.24. The van der Waals surface area contributed by atoms with E-state index in [9.17, 15) is 9.59 Å². The zero-order chi connectivity index (χ0) is 20.9. The lowest BCUT2D eigenvalue weighted by Gasteiger charge is -2.31. The standard InChI is InChI=1S/C23H29ClN2O2/c1-16-6-8-18(9-7-16)14-21(27)26(15-19-10-12-20(24)13-11-19)17(2)22(28)25-23(3,4)5/h6-13,17H,14-15H2,1-5H3,(H,25,28). The Morgan fingerprint density at radius 1 is 1.00 bits per heavy atom. The van der Waals surface area contributed by atoms with E-state index >= 15 is 0 Å². The molecule has 0 heterocycles. The SMILES string of the molecule is Cc1ccc(CC(=O)N(Cc2ccc(Cl)cc2)C(C)C(=O)NC(C)(C)C)cc1. The lowest BCUT2D eigenvalue weighted by Crippen LogP contribution is -2.52. The number of aryl methyl sites for hydroxylation is 1. The number of nitrogens with zero attached hydrogens (tertiary/aromatic N) is 1. The third-order valence-electron chi connectivity index (χ3n) is 4.41. The van der Waals surface area contributed by atoms with Gasteiger partial charge in [0, 0.05) is 17.1 Å². The van der Waals surface area contributed by atoms with Gasteiger partial charge in [-0.3, -0.25) is 9.59 Å². The smallest absolute Gasteiger partial charge is 0.242 e. The lowest BCUT2D eigenvalue weighted by atomic mass is 10.1. The number of rotatable bonds is 6. The molecule has 0 saturated heterocycles. The summed E-state index contributed by atoms with van der Waals surface area (Å²) in [5, 5.41) is 3.61. The predicted octanol–water partition coefficient (Wildman–Crippen LogP) is 4.52. The average molecular weight is 401 g/mol. The molecule has 28 heavy (non-hydrogen) atoms. The van der Waals surface area contributed by atoms with E-state index in [1.54, 1.807) is 24.0 Å². The van der Waals surface area contributed by atoms with Crippen molar-refractivity contribution in [2.24, 2.45) is 0 Å². The van der Waals surface area contributed by atoms with Crippen molar-refractivity contribution in [3.8, 4) is 0 Å². The molecule has 0 aliphatic rings. The van der Waals surface area contributed by atoms with Gasteiger partial charge >= 0.3 is 0 Å². The van der Waals surface area contributed by atoms with Gasteiger partial charge in [-0.1, -0.05) is 53.6 Å². The van der Waals surface area contributed by atoms with Gasteiger partial charge in [0.15, 0.2) is 0 Å². The molecule has 0 fully saturated rings. The second-order valence-corrected chi connectivity index (χ2v) is 8.66. The summed E-state index contributed by atoms with van der Waals surface area (Å²) >= 11 is 5.97. The predicted molar refractivity (Wildman–Crippen MR) is 114 cm³/mol. The molecule has 5 heteroatoms. The van der Waals surface area contributed by atoms with Gasteiger partial charge in [0.2, 0.25) is 11.8 Å². The number of carbonyl (C=O) groups excluding carboxylic acids is 2. The van der Waals surface area contributed by atoms with Crippen molar-refractivity contribution >= 4 is 23.4 Å². The molecule has 4 nitrogen and oxygen atoms in total. The van der Waals surface area contributed by atoms with Crippen molar-refractivity contribution in [1.82, 2.24) is 10.2 Å². The van der Waals surface area contributed by atoms with Gasteiger partial charge in [-0.2, -0.15) is 0 Å². The fourth-order valence-electron chi connectivity index (χ4n) is 2.83. The zero-order valence-corrected chi connectivity index (χ0v) is 18.0. The number of hydrogen-bond donors (Lipinski definition) is 1. The van der Waals surface area contributed by atoms with Gasteiger partial charge in [-0.05, 0) is 57.9 Å². The number of benzene rings is 2. The normalized spacial score (nSPS) is 12.4. The van der Waals surface area contributed by atoms with E-state index in [0.29, 0.717) is 11.6 Å². The van der Waals surface area contributed by atoms with Crippen LogP contribution in [-0.2, 0) is 22.6 Å². The second-order valence-electron chi connectivity index (χ2n) is 8.23. The first kappa shape index (κ1) is 22.0. The van der Waals surface area contributed by atoms with E-state index < -0.39 is 6.04 Å². The van der Waals surface area contributed by atoms with Crippen molar-refractivity contribution in [2.75, 3.05) is 0 Å². The topological polar surface area (TPSA) is 49.4 Å². The first-order valence-corrected chi connectivity index (χ1v) is 9.84. The Labute approximate surface area is 172 Å². The summed E-state index contributed by atoms with van der Waals surface area (Å²) < 4.78 is 0. The maximum atomic E-state index is 13.1. The molecule has 0 aliphatic carbocycles. The zero-order valence-electron chi connectivity index (χ0n) is 17.3. The van der Waals surface area contributed by atoms with Gasteiger partial charge in [0.25, 0.3) is 0 Å².